The van der Waals surface area contributed by atoms with E-state index in [9.17, 15) is 4.79 Å². The number of carbonyl (C=O) groups excluding carboxylic acids is 1. The molecule has 0 radical (unpaired) electrons. The van der Waals surface area contributed by atoms with Crippen molar-refractivity contribution in [1.29, 1.82) is 0 Å². The molecule has 0 aromatic heterocycles. The Kier molecular flexibility index (Phi) is 3.55. The molecule has 2 nitrogen and oxygen atoms in total. The summed E-state index contributed by atoms with van der Waals surface area (Å²) in [5.41, 5.74) is 1.22. The molecule has 0 bridgehead atoms. The first kappa shape index (κ1) is 11.8. The number of fused-ring (bicyclic) bond motifs is 1. The van der Waals surface area contributed by atoms with Crippen LogP contribution in [0.25, 0.3) is 10.8 Å². The first-order valence-electron chi connectivity index (χ1n) is 5.81. The van der Waals surface area contributed by atoms with Crippen LogP contribution in [0.3, 0.4) is 0 Å². The normalized spacial score (nSPS) is 12.9. The van der Waals surface area contributed by atoms with Gasteiger partial charge >= 0.3 is 0 Å². The summed E-state index contributed by atoms with van der Waals surface area (Å²) in [5, 5.41) is 2.46. The van der Waals surface area contributed by atoms with E-state index in [1.807, 2.05) is 26.2 Å². The monoisotopic (exact) mass is 227 g/mol. The zero-order chi connectivity index (χ0) is 12.3. The van der Waals surface area contributed by atoms with Crippen molar-refractivity contribution in [3.8, 4) is 0 Å². The Morgan fingerprint density at radius 3 is 2.53 bits per heavy atom. The molecule has 0 heterocycles. The lowest BCUT2D eigenvalue weighted by Crippen LogP contribution is -2.20. The van der Waals surface area contributed by atoms with Crippen molar-refractivity contribution in [2.45, 2.75) is 12.5 Å². The summed E-state index contributed by atoms with van der Waals surface area (Å²) in [7, 11) is 4.02. The SMILES string of the molecule is CN(C)C(CC=O)c1cccc2ccccc12. The van der Waals surface area contributed by atoms with Crippen molar-refractivity contribution in [3.05, 3.63) is 48.0 Å². The van der Waals surface area contributed by atoms with E-state index in [-0.39, 0.29) is 6.04 Å². The third kappa shape index (κ3) is 2.37. The number of hydrogen-bond donors (Lipinski definition) is 0. The van der Waals surface area contributed by atoms with Crippen LogP contribution in [0.1, 0.15) is 18.0 Å². The Morgan fingerprint density at radius 2 is 1.82 bits per heavy atom. The second-order valence-electron chi connectivity index (χ2n) is 4.45. The maximum absolute atomic E-state index is 10.8. The Morgan fingerprint density at radius 1 is 1.12 bits per heavy atom. The van der Waals surface area contributed by atoms with E-state index in [1.165, 1.54) is 16.3 Å². The van der Waals surface area contributed by atoms with Crippen LogP contribution >= 0.6 is 0 Å². The molecule has 1 unspecified atom stereocenters. The Balaban J connectivity index is 2.56. The number of rotatable bonds is 4. The minimum Gasteiger partial charge on any atom is -0.303 e. The Labute approximate surface area is 102 Å². The molecule has 1 atom stereocenters. The third-order valence-electron chi connectivity index (χ3n) is 3.13. The summed E-state index contributed by atoms with van der Waals surface area (Å²) in [5.74, 6) is 0. The average molecular weight is 227 g/mol. The van der Waals surface area contributed by atoms with E-state index in [2.05, 4.69) is 35.2 Å². The second-order valence-corrected chi connectivity index (χ2v) is 4.45. The van der Waals surface area contributed by atoms with Crippen molar-refractivity contribution >= 4 is 17.1 Å². The van der Waals surface area contributed by atoms with Crippen LogP contribution in [-0.4, -0.2) is 25.3 Å². The largest absolute Gasteiger partial charge is 0.303 e. The van der Waals surface area contributed by atoms with Gasteiger partial charge in [0.15, 0.2) is 0 Å². The highest BCUT2D eigenvalue weighted by Crippen LogP contribution is 2.28. The predicted octanol–water partition coefficient (Wildman–Crippen LogP) is 3.03. The van der Waals surface area contributed by atoms with Crippen LogP contribution in [0.5, 0.6) is 0 Å². The summed E-state index contributed by atoms with van der Waals surface area (Å²) >= 11 is 0. The second kappa shape index (κ2) is 5.11. The van der Waals surface area contributed by atoms with Crippen LogP contribution in [0.2, 0.25) is 0 Å². The molecule has 2 aromatic carbocycles. The van der Waals surface area contributed by atoms with Crippen molar-refractivity contribution in [1.82, 2.24) is 4.90 Å². The molecule has 0 amide bonds. The van der Waals surface area contributed by atoms with Crippen LogP contribution in [0.15, 0.2) is 42.5 Å². The van der Waals surface area contributed by atoms with E-state index >= 15 is 0 Å². The maximum Gasteiger partial charge on any atom is 0.121 e. The van der Waals surface area contributed by atoms with E-state index in [4.69, 9.17) is 0 Å². The molecule has 0 saturated carbocycles. The fraction of sp³-hybridized carbons (Fsp3) is 0.267. The van der Waals surface area contributed by atoms with Gasteiger partial charge in [0.1, 0.15) is 6.29 Å². The quantitative estimate of drug-likeness (QED) is 0.748. The van der Waals surface area contributed by atoms with E-state index in [0.717, 1.165) is 6.29 Å². The molecule has 0 fully saturated rings. The summed E-state index contributed by atoms with van der Waals surface area (Å²) in [6.07, 6.45) is 1.52. The number of benzene rings is 2. The molecule has 0 aliphatic heterocycles. The average Bonchev–Trinajstić information content (AvgIpc) is 2.35. The fourth-order valence-electron chi connectivity index (χ4n) is 2.25. The molecule has 0 saturated heterocycles. The molecular formula is C15H17NO. The summed E-state index contributed by atoms with van der Waals surface area (Å²) in [6, 6.07) is 14.7. The van der Waals surface area contributed by atoms with Gasteiger partial charge in [-0.05, 0) is 30.4 Å². The summed E-state index contributed by atoms with van der Waals surface area (Å²) < 4.78 is 0. The van der Waals surface area contributed by atoms with Gasteiger partial charge in [0.25, 0.3) is 0 Å². The first-order chi connectivity index (χ1) is 8.24. The molecule has 88 valence electrons. The van der Waals surface area contributed by atoms with Crippen molar-refractivity contribution in [3.63, 3.8) is 0 Å². The van der Waals surface area contributed by atoms with Gasteiger partial charge in [0, 0.05) is 12.5 Å². The minimum atomic E-state index is 0.151. The van der Waals surface area contributed by atoms with Gasteiger partial charge in [-0.25, -0.2) is 0 Å². The lowest BCUT2D eigenvalue weighted by atomic mass is 9.96. The van der Waals surface area contributed by atoms with Crippen LogP contribution in [0.4, 0.5) is 0 Å². The first-order valence-corrected chi connectivity index (χ1v) is 5.81. The predicted molar refractivity (Wildman–Crippen MR) is 71.1 cm³/mol. The number of nitrogens with zero attached hydrogens (tertiary/aromatic N) is 1. The number of carbonyl (C=O) groups is 1. The lowest BCUT2D eigenvalue weighted by Gasteiger charge is -2.24. The molecule has 0 aliphatic rings. The van der Waals surface area contributed by atoms with E-state index < -0.39 is 0 Å². The zero-order valence-electron chi connectivity index (χ0n) is 10.3. The van der Waals surface area contributed by atoms with Crippen LogP contribution in [0, 0.1) is 0 Å². The number of hydrogen-bond acceptors (Lipinski definition) is 2. The van der Waals surface area contributed by atoms with Gasteiger partial charge in [-0.3, -0.25) is 0 Å². The van der Waals surface area contributed by atoms with Gasteiger partial charge in [-0.2, -0.15) is 0 Å². The van der Waals surface area contributed by atoms with Gasteiger partial charge in [0.05, 0.1) is 0 Å². The van der Waals surface area contributed by atoms with Crippen LogP contribution < -0.4 is 0 Å². The van der Waals surface area contributed by atoms with Gasteiger partial charge in [-0.15, -0.1) is 0 Å². The van der Waals surface area contributed by atoms with E-state index in [1.54, 1.807) is 0 Å². The van der Waals surface area contributed by atoms with Crippen LogP contribution in [-0.2, 0) is 4.79 Å². The zero-order valence-corrected chi connectivity index (χ0v) is 10.3. The van der Waals surface area contributed by atoms with Crippen molar-refractivity contribution in [2.75, 3.05) is 14.1 Å². The standard InChI is InChI=1S/C15H17NO/c1-16(2)15(10-11-17)14-9-5-7-12-6-3-4-8-13(12)14/h3-9,11,15H,10H2,1-2H3. The molecule has 17 heavy (non-hydrogen) atoms. The van der Waals surface area contributed by atoms with Gasteiger partial charge in [-0.1, -0.05) is 42.5 Å². The molecule has 0 N–H and O–H groups in total. The highest BCUT2D eigenvalue weighted by Gasteiger charge is 2.15. The van der Waals surface area contributed by atoms with Gasteiger partial charge < -0.3 is 9.69 Å². The molecule has 2 aromatic rings. The maximum atomic E-state index is 10.8. The number of aldehydes is 1. The summed E-state index contributed by atoms with van der Waals surface area (Å²) in [6.45, 7) is 0. The fourth-order valence-corrected chi connectivity index (χ4v) is 2.25. The topological polar surface area (TPSA) is 20.3 Å². The molecule has 0 spiro atoms. The molecule has 2 heteroatoms. The minimum absolute atomic E-state index is 0.151. The van der Waals surface area contributed by atoms with E-state index in [0.29, 0.717) is 6.42 Å². The molecule has 2 rings (SSSR count). The Hall–Kier alpha value is -1.67. The Bertz CT molecular complexity index is 514. The van der Waals surface area contributed by atoms with Gasteiger partial charge in [0.2, 0.25) is 0 Å². The lowest BCUT2D eigenvalue weighted by molar-refractivity contribution is -0.108. The molecule has 0 aliphatic carbocycles. The van der Waals surface area contributed by atoms with Crippen molar-refractivity contribution in [2.24, 2.45) is 0 Å². The summed E-state index contributed by atoms with van der Waals surface area (Å²) in [4.78, 5) is 12.9. The smallest absolute Gasteiger partial charge is 0.121 e. The van der Waals surface area contributed by atoms with Crippen molar-refractivity contribution < 1.29 is 4.79 Å². The third-order valence-corrected chi connectivity index (χ3v) is 3.13. The highest BCUT2D eigenvalue weighted by atomic mass is 16.1. The molecular weight excluding hydrogens is 210 g/mol. The highest BCUT2D eigenvalue weighted by molar-refractivity contribution is 5.86.